The molecule has 1 saturated heterocycles. The predicted molar refractivity (Wildman–Crippen MR) is 66.6 cm³/mol. The zero-order chi connectivity index (χ0) is 12.0. The first-order chi connectivity index (χ1) is 8.12. The van der Waals surface area contributed by atoms with Gasteiger partial charge in [0, 0.05) is 18.0 Å². The molecule has 3 nitrogen and oxygen atoms in total. The maximum Gasteiger partial charge on any atom is 0.0926 e. The van der Waals surface area contributed by atoms with E-state index in [4.69, 9.17) is 0 Å². The first kappa shape index (κ1) is 11.9. The van der Waals surface area contributed by atoms with Crippen molar-refractivity contribution in [2.45, 2.75) is 63.2 Å². The highest BCUT2D eigenvalue weighted by Gasteiger charge is 2.57. The number of rotatable bonds is 3. The van der Waals surface area contributed by atoms with E-state index in [-0.39, 0.29) is 11.5 Å². The van der Waals surface area contributed by atoms with E-state index in [1.165, 1.54) is 38.5 Å². The summed E-state index contributed by atoms with van der Waals surface area (Å²) in [5.41, 5.74) is 0.168. The third-order valence-corrected chi connectivity index (χ3v) is 5.40. The van der Waals surface area contributed by atoms with Crippen LogP contribution in [0.2, 0.25) is 0 Å². The van der Waals surface area contributed by atoms with E-state index in [0.717, 1.165) is 5.92 Å². The van der Waals surface area contributed by atoms with Crippen LogP contribution < -0.4 is 5.32 Å². The minimum Gasteiger partial charge on any atom is -0.390 e. The predicted octanol–water partition coefficient (Wildman–Crippen LogP) is 1.29. The number of nitrogens with one attached hydrogen (secondary N) is 1. The van der Waals surface area contributed by atoms with Gasteiger partial charge in [-0.25, -0.2) is 0 Å². The van der Waals surface area contributed by atoms with E-state index in [9.17, 15) is 10.2 Å². The van der Waals surface area contributed by atoms with Crippen molar-refractivity contribution < 1.29 is 10.2 Å². The Morgan fingerprint density at radius 3 is 2.53 bits per heavy atom. The maximum absolute atomic E-state index is 10.3. The van der Waals surface area contributed by atoms with Crippen molar-refractivity contribution in [3.8, 4) is 0 Å². The van der Waals surface area contributed by atoms with Gasteiger partial charge in [0.05, 0.1) is 12.2 Å². The molecule has 98 valence electrons. The molecule has 1 heterocycles. The summed E-state index contributed by atoms with van der Waals surface area (Å²) in [6.07, 6.45) is 6.62. The quantitative estimate of drug-likeness (QED) is 0.695. The van der Waals surface area contributed by atoms with Gasteiger partial charge in [-0.05, 0) is 31.1 Å². The Morgan fingerprint density at radius 2 is 2.00 bits per heavy atom. The number of aliphatic hydroxyl groups excluding tert-OH is 2. The summed E-state index contributed by atoms with van der Waals surface area (Å²) in [5, 5.41) is 23.6. The molecule has 0 amide bonds. The molecule has 3 fully saturated rings. The van der Waals surface area contributed by atoms with Crippen molar-refractivity contribution in [2.75, 3.05) is 6.54 Å². The van der Waals surface area contributed by atoms with E-state index in [0.29, 0.717) is 12.5 Å². The van der Waals surface area contributed by atoms with Crippen LogP contribution in [0.4, 0.5) is 0 Å². The van der Waals surface area contributed by atoms with Gasteiger partial charge in [-0.1, -0.05) is 26.2 Å². The van der Waals surface area contributed by atoms with Crippen LogP contribution in [0.1, 0.15) is 45.4 Å². The molecule has 0 aromatic rings. The number of hydrogen-bond donors (Lipinski definition) is 3. The zero-order valence-corrected chi connectivity index (χ0v) is 10.7. The largest absolute Gasteiger partial charge is 0.390 e. The minimum absolute atomic E-state index is 0.168. The molecular formula is C14H25NO2. The third kappa shape index (κ3) is 2.02. The van der Waals surface area contributed by atoms with Crippen LogP contribution in [-0.2, 0) is 0 Å². The Balaban J connectivity index is 1.68. The first-order valence-electron chi connectivity index (χ1n) is 7.23. The molecule has 3 heteroatoms. The van der Waals surface area contributed by atoms with Crippen LogP contribution in [0.15, 0.2) is 0 Å². The Hall–Kier alpha value is -0.120. The first-order valence-corrected chi connectivity index (χ1v) is 7.23. The standard InChI is InChI=1S/C14H25NO2/c1-9(7-10-3-2-4-10)12-13(17)11(16)8-15-14(12)5-6-14/h9-13,15-17H,2-8H2,1H3/t9?,11-,12-,13+/m1/s1. The van der Waals surface area contributed by atoms with Gasteiger partial charge < -0.3 is 15.5 Å². The van der Waals surface area contributed by atoms with E-state index < -0.39 is 12.2 Å². The second-order valence-electron chi connectivity index (χ2n) is 6.63. The lowest BCUT2D eigenvalue weighted by Gasteiger charge is -2.44. The fraction of sp³-hybridized carbons (Fsp3) is 1.00. The van der Waals surface area contributed by atoms with Gasteiger partial charge in [-0.15, -0.1) is 0 Å². The van der Waals surface area contributed by atoms with Gasteiger partial charge in [0.25, 0.3) is 0 Å². The third-order valence-electron chi connectivity index (χ3n) is 5.40. The summed E-state index contributed by atoms with van der Waals surface area (Å²) < 4.78 is 0. The molecule has 17 heavy (non-hydrogen) atoms. The molecule has 3 aliphatic rings. The number of hydrogen-bond acceptors (Lipinski definition) is 3. The fourth-order valence-corrected chi connectivity index (χ4v) is 4.04. The second-order valence-corrected chi connectivity index (χ2v) is 6.63. The average Bonchev–Trinajstić information content (AvgIpc) is 3.00. The smallest absolute Gasteiger partial charge is 0.0926 e. The van der Waals surface area contributed by atoms with Gasteiger partial charge in [0.1, 0.15) is 0 Å². The van der Waals surface area contributed by atoms with E-state index in [2.05, 4.69) is 12.2 Å². The highest BCUT2D eigenvalue weighted by Crippen LogP contribution is 2.51. The van der Waals surface area contributed by atoms with Crippen molar-refractivity contribution in [1.29, 1.82) is 0 Å². The highest BCUT2D eigenvalue weighted by molar-refractivity contribution is 5.14. The molecule has 2 saturated carbocycles. The second kappa shape index (κ2) is 4.22. The Kier molecular flexibility index (Phi) is 2.96. The summed E-state index contributed by atoms with van der Waals surface area (Å²) in [5.74, 6) is 1.67. The summed E-state index contributed by atoms with van der Waals surface area (Å²) in [4.78, 5) is 0. The molecule has 4 atom stereocenters. The lowest BCUT2D eigenvalue weighted by atomic mass is 9.70. The van der Waals surface area contributed by atoms with Crippen LogP contribution in [0.5, 0.6) is 0 Å². The summed E-state index contributed by atoms with van der Waals surface area (Å²) in [6.45, 7) is 2.83. The molecule has 3 rings (SSSR count). The van der Waals surface area contributed by atoms with E-state index >= 15 is 0 Å². The molecular weight excluding hydrogens is 214 g/mol. The van der Waals surface area contributed by atoms with Crippen LogP contribution >= 0.6 is 0 Å². The maximum atomic E-state index is 10.3. The lowest BCUT2D eigenvalue weighted by molar-refractivity contribution is -0.0778. The monoisotopic (exact) mass is 239 g/mol. The highest BCUT2D eigenvalue weighted by atomic mass is 16.3. The molecule has 1 spiro atoms. The van der Waals surface area contributed by atoms with Crippen molar-refractivity contribution in [2.24, 2.45) is 17.8 Å². The van der Waals surface area contributed by atoms with Gasteiger partial charge >= 0.3 is 0 Å². The van der Waals surface area contributed by atoms with Gasteiger partial charge in [0.2, 0.25) is 0 Å². The zero-order valence-electron chi connectivity index (χ0n) is 10.7. The van der Waals surface area contributed by atoms with E-state index in [1.807, 2.05) is 0 Å². The Morgan fingerprint density at radius 1 is 1.29 bits per heavy atom. The number of aliphatic hydroxyl groups is 2. The minimum atomic E-state index is -0.574. The van der Waals surface area contributed by atoms with Crippen molar-refractivity contribution in [3.05, 3.63) is 0 Å². The topological polar surface area (TPSA) is 52.5 Å². The Labute approximate surface area is 104 Å². The van der Waals surface area contributed by atoms with Crippen molar-refractivity contribution in [3.63, 3.8) is 0 Å². The van der Waals surface area contributed by atoms with E-state index in [1.54, 1.807) is 0 Å². The van der Waals surface area contributed by atoms with Gasteiger partial charge in [-0.2, -0.15) is 0 Å². The number of piperidine rings is 1. The molecule has 2 aliphatic carbocycles. The summed E-state index contributed by atoms with van der Waals surface area (Å²) in [7, 11) is 0. The fourth-order valence-electron chi connectivity index (χ4n) is 4.04. The average molecular weight is 239 g/mol. The van der Waals surface area contributed by atoms with Gasteiger partial charge in [0.15, 0.2) is 0 Å². The number of β-amino-alcohol motifs (C(OH)–C–C–N with tert-alkyl or cyclic N) is 1. The lowest BCUT2D eigenvalue weighted by Crippen LogP contribution is -2.60. The Bertz CT molecular complexity index is 286. The SMILES string of the molecule is CC(CC1CCC1)[C@@H]1[C@@H](O)[C@H](O)CNC12CC2. The summed E-state index contributed by atoms with van der Waals surface area (Å²) in [6, 6.07) is 0. The molecule has 1 unspecified atom stereocenters. The van der Waals surface area contributed by atoms with Crippen LogP contribution in [0, 0.1) is 17.8 Å². The van der Waals surface area contributed by atoms with Gasteiger partial charge in [-0.3, -0.25) is 0 Å². The van der Waals surface area contributed by atoms with Crippen molar-refractivity contribution in [1.82, 2.24) is 5.32 Å². The molecule has 0 aromatic heterocycles. The molecule has 0 aromatic carbocycles. The normalized spacial score (nSPS) is 42.2. The molecule has 0 radical (unpaired) electrons. The van der Waals surface area contributed by atoms with Crippen LogP contribution in [0.25, 0.3) is 0 Å². The van der Waals surface area contributed by atoms with Crippen LogP contribution in [0.3, 0.4) is 0 Å². The van der Waals surface area contributed by atoms with Crippen molar-refractivity contribution >= 4 is 0 Å². The summed E-state index contributed by atoms with van der Waals surface area (Å²) >= 11 is 0. The molecule has 1 aliphatic heterocycles. The van der Waals surface area contributed by atoms with Crippen LogP contribution in [-0.4, -0.2) is 34.5 Å². The molecule has 3 N–H and O–H groups in total. The molecule has 0 bridgehead atoms.